The van der Waals surface area contributed by atoms with E-state index in [1.54, 1.807) is 18.2 Å². The van der Waals surface area contributed by atoms with Gasteiger partial charge in [-0.25, -0.2) is 4.99 Å². The fourth-order valence-corrected chi connectivity index (χ4v) is 4.78. The van der Waals surface area contributed by atoms with Gasteiger partial charge in [-0.2, -0.15) is 0 Å². The van der Waals surface area contributed by atoms with Crippen molar-refractivity contribution < 1.29 is 14.3 Å². The second kappa shape index (κ2) is 11.3. The maximum atomic E-state index is 12.5. The van der Waals surface area contributed by atoms with Crippen LogP contribution < -0.4 is 14.8 Å². The molecule has 1 saturated heterocycles. The van der Waals surface area contributed by atoms with Crippen LogP contribution in [0.15, 0.2) is 75.0 Å². The third kappa shape index (κ3) is 6.36. The van der Waals surface area contributed by atoms with Gasteiger partial charge in [0, 0.05) is 20.1 Å². The molecule has 0 spiro atoms. The summed E-state index contributed by atoms with van der Waals surface area (Å²) in [5.74, 6) is 0.957. The Morgan fingerprint density at radius 1 is 1.06 bits per heavy atom. The number of halogens is 3. The number of carbonyl (C=O) groups is 1. The summed E-state index contributed by atoms with van der Waals surface area (Å²) >= 11 is 16.9. The fourth-order valence-electron chi connectivity index (χ4n) is 3.09. The average Bonchev–Trinajstić information content (AvgIpc) is 3.13. The van der Waals surface area contributed by atoms with E-state index in [4.69, 9.17) is 32.7 Å². The number of amides is 1. The largest absolute Gasteiger partial charge is 0.490 e. The number of hydrogen-bond acceptors (Lipinski definition) is 5. The summed E-state index contributed by atoms with van der Waals surface area (Å²) < 4.78 is 12.6. The molecule has 3 aromatic carbocycles. The van der Waals surface area contributed by atoms with Gasteiger partial charge < -0.3 is 14.8 Å². The van der Waals surface area contributed by atoms with Crippen molar-refractivity contribution in [2.24, 2.45) is 4.99 Å². The number of benzene rings is 3. The molecule has 1 amide bonds. The minimum Gasteiger partial charge on any atom is -0.490 e. The second-order valence-corrected chi connectivity index (χ2v) is 9.92. The molecular formula is C25H19BrCl2N2O3S. The summed E-state index contributed by atoms with van der Waals surface area (Å²) in [5, 5.41) is 4.44. The monoisotopic (exact) mass is 576 g/mol. The zero-order valence-electron chi connectivity index (χ0n) is 18.0. The van der Waals surface area contributed by atoms with Crippen LogP contribution >= 0.6 is 50.9 Å². The number of amidine groups is 1. The fraction of sp³-hybridized carbons (Fsp3) is 0.120. The number of ether oxygens (including phenoxy) is 2. The molecule has 34 heavy (non-hydrogen) atoms. The SMILES string of the molecule is CCOc1cc(/C=C2\SC(=Nc3cccc(Br)c3)NC2=O)ccc1OCc1ccc(Cl)cc1Cl. The molecule has 174 valence electrons. The smallest absolute Gasteiger partial charge is 0.264 e. The third-order valence-corrected chi connectivity index (χ3v) is 6.64. The highest BCUT2D eigenvalue weighted by Gasteiger charge is 2.24. The summed E-state index contributed by atoms with van der Waals surface area (Å²) in [5.41, 5.74) is 2.37. The van der Waals surface area contributed by atoms with Gasteiger partial charge in [0.15, 0.2) is 16.7 Å². The molecule has 0 unspecified atom stereocenters. The van der Waals surface area contributed by atoms with Gasteiger partial charge in [-0.05, 0) is 72.8 Å². The number of thioether (sulfide) groups is 1. The summed E-state index contributed by atoms with van der Waals surface area (Å²) in [6.07, 6.45) is 1.80. The highest BCUT2D eigenvalue weighted by molar-refractivity contribution is 9.10. The van der Waals surface area contributed by atoms with Crippen molar-refractivity contribution >= 4 is 73.7 Å². The Morgan fingerprint density at radius 3 is 2.68 bits per heavy atom. The maximum absolute atomic E-state index is 12.5. The number of aliphatic imine (C=N–C) groups is 1. The average molecular weight is 578 g/mol. The van der Waals surface area contributed by atoms with Crippen LogP contribution in [0.25, 0.3) is 6.08 Å². The highest BCUT2D eigenvalue weighted by atomic mass is 79.9. The molecule has 0 radical (unpaired) electrons. The molecule has 1 N–H and O–H groups in total. The van der Waals surface area contributed by atoms with E-state index in [2.05, 4.69) is 26.2 Å². The lowest BCUT2D eigenvalue weighted by molar-refractivity contribution is -0.115. The molecule has 1 heterocycles. The number of nitrogens with one attached hydrogen (secondary N) is 1. The number of carbonyl (C=O) groups excluding carboxylic acids is 1. The van der Waals surface area contributed by atoms with Crippen molar-refractivity contribution in [2.45, 2.75) is 13.5 Å². The molecule has 0 bridgehead atoms. The first-order valence-corrected chi connectivity index (χ1v) is 12.7. The first-order valence-electron chi connectivity index (χ1n) is 10.3. The minimum atomic E-state index is -0.200. The number of hydrogen-bond donors (Lipinski definition) is 1. The standard InChI is InChI=1S/C25H19BrCl2N2O3S/c1-2-32-22-10-15(6-9-21(22)33-14-16-7-8-18(27)13-20(16)28)11-23-24(31)30-25(34-23)29-19-5-3-4-17(26)12-19/h3-13H,2,14H2,1H3,(H,29,30,31)/b23-11-. The van der Waals surface area contributed by atoms with Crippen LogP contribution in [-0.4, -0.2) is 17.7 Å². The van der Waals surface area contributed by atoms with Crippen LogP contribution in [0.1, 0.15) is 18.1 Å². The van der Waals surface area contributed by atoms with Crippen molar-refractivity contribution in [3.05, 3.63) is 91.2 Å². The Kier molecular flexibility index (Phi) is 8.21. The lowest BCUT2D eigenvalue weighted by Gasteiger charge is -2.13. The van der Waals surface area contributed by atoms with Crippen molar-refractivity contribution in [1.82, 2.24) is 5.32 Å². The van der Waals surface area contributed by atoms with Crippen LogP contribution in [-0.2, 0) is 11.4 Å². The predicted molar refractivity (Wildman–Crippen MR) is 143 cm³/mol. The van der Waals surface area contributed by atoms with Gasteiger partial charge >= 0.3 is 0 Å². The van der Waals surface area contributed by atoms with Gasteiger partial charge in [-0.3, -0.25) is 4.79 Å². The highest BCUT2D eigenvalue weighted by Crippen LogP contribution is 2.33. The molecule has 1 fully saturated rings. The first kappa shape index (κ1) is 24.7. The molecule has 0 atom stereocenters. The zero-order chi connectivity index (χ0) is 24.1. The normalized spacial score (nSPS) is 15.6. The Labute approximate surface area is 220 Å². The van der Waals surface area contributed by atoms with E-state index in [0.717, 1.165) is 21.3 Å². The summed E-state index contributed by atoms with van der Waals surface area (Å²) in [7, 11) is 0. The third-order valence-electron chi connectivity index (χ3n) is 4.65. The van der Waals surface area contributed by atoms with Gasteiger partial charge in [0.25, 0.3) is 5.91 Å². The molecule has 9 heteroatoms. The van der Waals surface area contributed by atoms with Gasteiger partial charge in [0.1, 0.15) is 6.61 Å². The van der Waals surface area contributed by atoms with E-state index >= 15 is 0 Å². The van der Waals surface area contributed by atoms with Gasteiger partial charge in [0.05, 0.1) is 17.2 Å². The predicted octanol–water partition coefficient (Wildman–Crippen LogP) is 7.63. The van der Waals surface area contributed by atoms with E-state index in [9.17, 15) is 4.79 Å². The van der Waals surface area contributed by atoms with Crippen LogP contribution in [0.5, 0.6) is 11.5 Å². The molecule has 0 aliphatic carbocycles. The molecule has 4 rings (SSSR count). The molecule has 1 aliphatic rings. The van der Waals surface area contributed by atoms with Crippen molar-refractivity contribution in [1.29, 1.82) is 0 Å². The lowest BCUT2D eigenvalue weighted by Crippen LogP contribution is -2.19. The van der Waals surface area contributed by atoms with E-state index in [1.807, 2.05) is 55.5 Å². The second-order valence-electron chi connectivity index (χ2n) is 7.13. The Balaban J connectivity index is 1.51. The number of nitrogens with zero attached hydrogens (tertiary/aromatic N) is 1. The van der Waals surface area contributed by atoms with Gasteiger partial charge in [-0.15, -0.1) is 0 Å². The quantitative estimate of drug-likeness (QED) is 0.293. The van der Waals surface area contributed by atoms with Crippen molar-refractivity contribution in [3.63, 3.8) is 0 Å². The van der Waals surface area contributed by atoms with E-state index in [0.29, 0.717) is 38.2 Å². The Morgan fingerprint density at radius 2 is 1.91 bits per heavy atom. The Bertz CT molecular complexity index is 1300. The lowest BCUT2D eigenvalue weighted by atomic mass is 10.2. The zero-order valence-corrected chi connectivity index (χ0v) is 21.9. The molecule has 1 aliphatic heterocycles. The van der Waals surface area contributed by atoms with Crippen LogP contribution in [0, 0.1) is 0 Å². The van der Waals surface area contributed by atoms with E-state index in [1.165, 1.54) is 11.8 Å². The maximum Gasteiger partial charge on any atom is 0.264 e. The van der Waals surface area contributed by atoms with Crippen LogP contribution in [0.2, 0.25) is 10.0 Å². The number of rotatable bonds is 7. The topological polar surface area (TPSA) is 59.9 Å². The van der Waals surface area contributed by atoms with E-state index in [-0.39, 0.29) is 12.5 Å². The summed E-state index contributed by atoms with van der Waals surface area (Å²) in [6.45, 7) is 2.64. The van der Waals surface area contributed by atoms with Crippen LogP contribution in [0.3, 0.4) is 0 Å². The van der Waals surface area contributed by atoms with Crippen LogP contribution in [0.4, 0.5) is 5.69 Å². The van der Waals surface area contributed by atoms with Gasteiger partial charge in [0.2, 0.25) is 0 Å². The molecule has 0 aromatic heterocycles. The molecular weight excluding hydrogens is 559 g/mol. The van der Waals surface area contributed by atoms with Crippen molar-refractivity contribution in [3.8, 4) is 11.5 Å². The molecule has 0 saturated carbocycles. The first-order chi connectivity index (χ1) is 16.4. The summed E-state index contributed by atoms with van der Waals surface area (Å²) in [6, 6.07) is 18.4. The van der Waals surface area contributed by atoms with E-state index < -0.39 is 0 Å². The molecule has 3 aromatic rings. The molecule has 5 nitrogen and oxygen atoms in total. The minimum absolute atomic E-state index is 0.200. The van der Waals surface area contributed by atoms with Gasteiger partial charge in [-0.1, -0.05) is 57.3 Å². The Hall–Kier alpha value is -2.45. The summed E-state index contributed by atoms with van der Waals surface area (Å²) in [4.78, 5) is 17.5. The van der Waals surface area contributed by atoms with Crippen molar-refractivity contribution in [2.75, 3.05) is 6.61 Å².